The van der Waals surface area contributed by atoms with E-state index in [9.17, 15) is 8.96 Å². The number of nitrogen functional groups attached to an aromatic ring is 1. The molecule has 2 unspecified atom stereocenters. The maximum atomic E-state index is 14.2. The summed E-state index contributed by atoms with van der Waals surface area (Å²) < 4.78 is 42.1. The molecular weight excluding hydrogens is 420 g/mol. The third kappa shape index (κ3) is 4.62. The lowest BCUT2D eigenvalue weighted by atomic mass is 10.1. The summed E-state index contributed by atoms with van der Waals surface area (Å²) >= 11 is 0. The number of ether oxygens (including phenoxy) is 2. The molecule has 2 atom stereocenters. The van der Waals surface area contributed by atoms with Crippen LogP contribution in [0.4, 0.5) is 10.2 Å². The van der Waals surface area contributed by atoms with Crippen molar-refractivity contribution in [1.29, 1.82) is 0 Å². The minimum absolute atomic E-state index is 0.0114. The molecular formula is C17H20FN5O6P+. The molecule has 13 heteroatoms. The first-order valence-electron chi connectivity index (χ1n) is 8.76. The molecule has 11 nitrogen and oxygen atoms in total. The molecule has 0 saturated heterocycles. The Balaban J connectivity index is 2.02. The van der Waals surface area contributed by atoms with Gasteiger partial charge in [0.15, 0.2) is 17.0 Å². The van der Waals surface area contributed by atoms with Crippen molar-refractivity contribution in [3.63, 3.8) is 0 Å². The monoisotopic (exact) mass is 440 g/mol. The lowest BCUT2D eigenvalue weighted by Gasteiger charge is -2.11. The average Bonchev–Trinajstić information content (AvgIpc) is 3.05. The van der Waals surface area contributed by atoms with E-state index in [1.807, 2.05) is 0 Å². The highest BCUT2D eigenvalue weighted by molar-refractivity contribution is 7.32. The largest absolute Gasteiger partial charge is 0.695 e. The lowest BCUT2D eigenvalue weighted by molar-refractivity contribution is 0.192. The predicted octanol–water partition coefficient (Wildman–Crippen LogP) is 1.70. The van der Waals surface area contributed by atoms with Gasteiger partial charge in [-0.15, -0.1) is 9.42 Å². The number of nitrogens with zero attached hydrogens (tertiary/aromatic N) is 4. The van der Waals surface area contributed by atoms with E-state index in [1.54, 1.807) is 10.6 Å². The van der Waals surface area contributed by atoms with Crippen LogP contribution in [0.5, 0.6) is 12.0 Å². The van der Waals surface area contributed by atoms with Crippen LogP contribution >= 0.6 is 8.25 Å². The van der Waals surface area contributed by atoms with Crippen LogP contribution in [0.15, 0.2) is 18.2 Å². The van der Waals surface area contributed by atoms with E-state index in [4.69, 9.17) is 29.7 Å². The van der Waals surface area contributed by atoms with Gasteiger partial charge in [0.1, 0.15) is 18.5 Å². The van der Waals surface area contributed by atoms with Crippen LogP contribution < -0.4 is 15.2 Å². The van der Waals surface area contributed by atoms with Crippen molar-refractivity contribution >= 4 is 25.2 Å². The topological polar surface area (TPSA) is 155 Å². The molecule has 0 bridgehead atoms. The molecule has 3 aromatic rings. The molecule has 1 aromatic carbocycles. The minimum atomic E-state index is -2.88. The van der Waals surface area contributed by atoms with Gasteiger partial charge < -0.3 is 20.3 Å². The molecule has 0 aliphatic carbocycles. The van der Waals surface area contributed by atoms with Gasteiger partial charge in [-0.25, -0.2) is 4.39 Å². The van der Waals surface area contributed by atoms with Gasteiger partial charge in [0.05, 0.1) is 20.3 Å². The van der Waals surface area contributed by atoms with Crippen LogP contribution in [-0.4, -0.2) is 49.8 Å². The molecule has 2 aromatic heterocycles. The predicted molar refractivity (Wildman–Crippen MR) is 104 cm³/mol. The van der Waals surface area contributed by atoms with Gasteiger partial charge >= 0.3 is 14.3 Å². The third-order valence-electron chi connectivity index (χ3n) is 4.16. The Morgan fingerprint density at radius 3 is 2.77 bits per heavy atom. The van der Waals surface area contributed by atoms with Crippen molar-refractivity contribution in [2.24, 2.45) is 0 Å². The number of aliphatic hydroxyl groups excluding tert-OH is 1. The van der Waals surface area contributed by atoms with Crippen molar-refractivity contribution in [1.82, 2.24) is 19.5 Å². The third-order valence-corrected chi connectivity index (χ3v) is 4.66. The molecule has 0 amide bonds. The zero-order valence-corrected chi connectivity index (χ0v) is 17.0. The Labute approximate surface area is 171 Å². The second-order valence-electron chi connectivity index (χ2n) is 6.16. The smallest absolute Gasteiger partial charge is 0.468 e. The number of hydrogen-bond acceptors (Lipinski definition) is 9. The highest BCUT2D eigenvalue weighted by Crippen LogP contribution is 2.31. The van der Waals surface area contributed by atoms with Gasteiger partial charge in [-0.2, -0.15) is 15.0 Å². The Bertz CT molecular complexity index is 1080. The van der Waals surface area contributed by atoms with E-state index in [1.165, 1.54) is 26.2 Å². The average molecular weight is 440 g/mol. The molecule has 4 N–H and O–H groups in total. The summed E-state index contributed by atoms with van der Waals surface area (Å²) in [5.74, 6) is -0.504. The molecule has 0 aliphatic rings. The molecule has 0 spiro atoms. The first-order chi connectivity index (χ1) is 14.3. The van der Waals surface area contributed by atoms with Crippen LogP contribution in [0, 0.1) is 5.82 Å². The van der Waals surface area contributed by atoms with E-state index in [2.05, 4.69) is 15.0 Å². The summed E-state index contributed by atoms with van der Waals surface area (Å²) in [7, 11) is -1.46. The van der Waals surface area contributed by atoms with E-state index in [-0.39, 0.29) is 43.2 Å². The van der Waals surface area contributed by atoms with Crippen molar-refractivity contribution in [3.05, 3.63) is 35.1 Å². The van der Waals surface area contributed by atoms with Crippen molar-refractivity contribution in [3.8, 4) is 12.0 Å². The Kier molecular flexibility index (Phi) is 6.73. The summed E-state index contributed by atoms with van der Waals surface area (Å²) in [4.78, 5) is 21.5. The zero-order chi connectivity index (χ0) is 21.8. The van der Waals surface area contributed by atoms with Gasteiger partial charge in [0.25, 0.3) is 6.01 Å². The number of benzene rings is 1. The summed E-state index contributed by atoms with van der Waals surface area (Å²) in [6, 6.07) is 4.45. The zero-order valence-electron chi connectivity index (χ0n) is 16.1. The molecule has 30 heavy (non-hydrogen) atoms. The minimum Gasteiger partial charge on any atom is -0.468 e. The number of aliphatic hydroxyl groups is 1. The number of imidazole rings is 1. The van der Waals surface area contributed by atoms with Crippen LogP contribution in [0.2, 0.25) is 0 Å². The van der Waals surface area contributed by atoms with Crippen LogP contribution in [0.3, 0.4) is 0 Å². The van der Waals surface area contributed by atoms with Crippen LogP contribution in [0.25, 0.3) is 11.2 Å². The number of anilines is 1. The summed E-state index contributed by atoms with van der Waals surface area (Å²) in [5, 5.41) is 8.93. The molecule has 160 valence electrons. The fraction of sp³-hybridized carbons (Fsp3) is 0.353. The molecule has 2 heterocycles. The standard InChI is InChI=1S/C17H19FN5O6P/c1-9(29-30(25)26)11-7-10(3-4-12(11)18)8-23-15-13(20-17(23)27-2)14(19)21-16(22-15)28-6-5-24/h3-4,7,9,24H,5-6,8H2,1-2H3,(H2-,19,21,22,25,26)/p+1. The van der Waals surface area contributed by atoms with Gasteiger partial charge in [0, 0.05) is 10.1 Å². The maximum absolute atomic E-state index is 14.2. The number of rotatable bonds is 9. The number of hydrogen-bond donors (Lipinski definition) is 3. The van der Waals surface area contributed by atoms with E-state index < -0.39 is 20.2 Å². The Hall–Kier alpha value is -2.92. The van der Waals surface area contributed by atoms with Gasteiger partial charge in [-0.05, 0) is 24.6 Å². The highest BCUT2D eigenvalue weighted by Gasteiger charge is 2.24. The molecule has 0 radical (unpaired) electrons. The second-order valence-corrected chi connectivity index (χ2v) is 6.85. The number of fused-ring (bicyclic) bond motifs is 1. The van der Waals surface area contributed by atoms with Crippen molar-refractivity contribution in [2.45, 2.75) is 19.6 Å². The van der Waals surface area contributed by atoms with Crippen LogP contribution in [-0.2, 0) is 15.6 Å². The number of methoxy groups -OCH3 is 1. The molecule has 0 saturated carbocycles. The summed E-state index contributed by atoms with van der Waals surface area (Å²) in [6.45, 7) is 1.41. The van der Waals surface area contributed by atoms with Gasteiger partial charge in [-0.1, -0.05) is 6.07 Å². The number of aromatic nitrogens is 4. The molecule has 3 rings (SSSR count). The fourth-order valence-electron chi connectivity index (χ4n) is 2.86. The van der Waals surface area contributed by atoms with Crippen molar-refractivity contribution in [2.75, 3.05) is 26.1 Å². The van der Waals surface area contributed by atoms with Gasteiger partial charge in [-0.3, -0.25) is 4.57 Å². The second kappa shape index (κ2) is 9.26. The normalized spacial score (nSPS) is 12.8. The number of nitrogens with two attached hydrogens (primary N) is 1. The van der Waals surface area contributed by atoms with E-state index in [0.29, 0.717) is 16.7 Å². The number of halogens is 1. The maximum Gasteiger partial charge on any atom is 0.695 e. The van der Waals surface area contributed by atoms with Crippen LogP contribution in [0.1, 0.15) is 24.2 Å². The molecule has 0 fully saturated rings. The van der Waals surface area contributed by atoms with E-state index >= 15 is 0 Å². The first-order valence-corrected chi connectivity index (χ1v) is 9.89. The quantitative estimate of drug-likeness (QED) is 0.419. The fourth-order valence-corrected chi connectivity index (χ4v) is 3.24. The summed E-state index contributed by atoms with van der Waals surface area (Å²) in [5.41, 5.74) is 7.31. The van der Waals surface area contributed by atoms with Gasteiger partial charge in [0.2, 0.25) is 0 Å². The van der Waals surface area contributed by atoms with Crippen molar-refractivity contribution < 1.29 is 33.0 Å². The Morgan fingerprint density at radius 2 is 2.10 bits per heavy atom. The molecule has 0 aliphatic heterocycles. The van der Waals surface area contributed by atoms with E-state index in [0.717, 1.165) is 0 Å². The first kappa shape index (κ1) is 21.8. The summed E-state index contributed by atoms with van der Waals surface area (Å²) in [6.07, 6.45) is -0.934. The lowest BCUT2D eigenvalue weighted by Crippen LogP contribution is -2.09. The SMILES string of the molecule is COc1nc2c(N)nc(OCCO)nc2n1Cc1ccc(F)c(C(C)O[P+](=O)O)c1. The highest BCUT2D eigenvalue weighted by atomic mass is 31.1. The Morgan fingerprint density at radius 1 is 1.33 bits per heavy atom.